The first-order chi connectivity index (χ1) is 11.8. The van der Waals surface area contributed by atoms with Gasteiger partial charge in [0.15, 0.2) is 11.5 Å². The number of benzene rings is 1. The van der Waals surface area contributed by atoms with Crippen molar-refractivity contribution in [2.75, 3.05) is 20.2 Å². The number of halogens is 2. The zero-order valence-corrected chi connectivity index (χ0v) is 13.8. The van der Waals surface area contributed by atoms with Crippen LogP contribution in [-0.4, -0.2) is 48.6 Å². The molecule has 1 saturated heterocycles. The van der Waals surface area contributed by atoms with Gasteiger partial charge in [-0.1, -0.05) is 0 Å². The lowest BCUT2D eigenvalue weighted by Crippen LogP contribution is -2.34. The largest absolute Gasteiger partial charge is 0.493 e. The summed E-state index contributed by atoms with van der Waals surface area (Å²) in [7, 11) is 1.19. The van der Waals surface area contributed by atoms with Gasteiger partial charge in [-0.3, -0.25) is 14.9 Å². The highest BCUT2D eigenvalue weighted by atomic mass is 19.3. The van der Waals surface area contributed by atoms with E-state index in [2.05, 4.69) is 4.74 Å². The standard InChI is InChI=1S/C15H19F2N3O5/c1-8-3-9(6-18)7-19(8)14(21)10-4-12(24-2)13(25-15(16)17)5-11(10)20(22)23/h4-5,8-9,15H,3,6-7,18H2,1-2H3. The average molecular weight is 359 g/mol. The van der Waals surface area contributed by atoms with Gasteiger partial charge in [0.05, 0.1) is 18.1 Å². The van der Waals surface area contributed by atoms with E-state index in [0.29, 0.717) is 19.5 Å². The quantitative estimate of drug-likeness (QED) is 0.615. The lowest BCUT2D eigenvalue weighted by molar-refractivity contribution is -0.385. The van der Waals surface area contributed by atoms with Crippen LogP contribution in [0.4, 0.5) is 14.5 Å². The molecule has 0 saturated carbocycles. The Morgan fingerprint density at radius 2 is 2.16 bits per heavy atom. The van der Waals surface area contributed by atoms with Gasteiger partial charge in [-0.15, -0.1) is 0 Å². The number of likely N-dealkylation sites (tertiary alicyclic amines) is 1. The van der Waals surface area contributed by atoms with E-state index in [4.69, 9.17) is 10.5 Å². The van der Waals surface area contributed by atoms with Crippen molar-refractivity contribution in [1.82, 2.24) is 4.90 Å². The zero-order valence-electron chi connectivity index (χ0n) is 13.8. The topological polar surface area (TPSA) is 108 Å². The predicted molar refractivity (Wildman–Crippen MR) is 83.9 cm³/mol. The minimum Gasteiger partial charge on any atom is -0.493 e. The smallest absolute Gasteiger partial charge is 0.387 e. The van der Waals surface area contributed by atoms with Gasteiger partial charge in [-0.2, -0.15) is 8.78 Å². The second-order valence-corrected chi connectivity index (χ2v) is 5.80. The summed E-state index contributed by atoms with van der Waals surface area (Å²) in [6.45, 7) is -0.574. The minimum absolute atomic E-state index is 0.112. The van der Waals surface area contributed by atoms with Crippen LogP contribution in [0.1, 0.15) is 23.7 Å². The van der Waals surface area contributed by atoms with E-state index in [0.717, 1.165) is 12.1 Å². The molecule has 1 aliphatic rings. The fraction of sp³-hybridized carbons (Fsp3) is 0.533. The number of methoxy groups -OCH3 is 1. The maximum atomic E-state index is 12.8. The van der Waals surface area contributed by atoms with E-state index in [1.54, 1.807) is 0 Å². The summed E-state index contributed by atoms with van der Waals surface area (Å²) >= 11 is 0. The molecule has 10 heteroatoms. The van der Waals surface area contributed by atoms with Gasteiger partial charge in [0.25, 0.3) is 11.6 Å². The van der Waals surface area contributed by atoms with Crippen molar-refractivity contribution in [3.8, 4) is 11.5 Å². The molecular weight excluding hydrogens is 340 g/mol. The first kappa shape index (κ1) is 18.8. The number of ether oxygens (including phenoxy) is 2. The lowest BCUT2D eigenvalue weighted by Gasteiger charge is -2.22. The van der Waals surface area contributed by atoms with Crippen LogP contribution in [0.3, 0.4) is 0 Å². The van der Waals surface area contributed by atoms with Gasteiger partial charge in [0.2, 0.25) is 0 Å². The number of carbonyl (C=O) groups is 1. The second-order valence-electron chi connectivity index (χ2n) is 5.80. The molecule has 2 rings (SSSR count). The molecule has 8 nitrogen and oxygen atoms in total. The van der Waals surface area contributed by atoms with Gasteiger partial charge in [-0.25, -0.2) is 0 Å². The Balaban J connectivity index is 2.45. The van der Waals surface area contributed by atoms with Crippen LogP contribution in [0.5, 0.6) is 11.5 Å². The van der Waals surface area contributed by atoms with Gasteiger partial charge in [0, 0.05) is 18.7 Å². The molecule has 1 aromatic rings. The van der Waals surface area contributed by atoms with Crippen LogP contribution in [0.25, 0.3) is 0 Å². The van der Waals surface area contributed by atoms with E-state index in [-0.39, 0.29) is 23.3 Å². The van der Waals surface area contributed by atoms with Crippen LogP contribution >= 0.6 is 0 Å². The number of nitro benzene ring substituents is 1. The summed E-state index contributed by atoms with van der Waals surface area (Å²) in [5, 5.41) is 11.3. The van der Waals surface area contributed by atoms with Crippen molar-refractivity contribution in [2.45, 2.75) is 26.0 Å². The second kappa shape index (κ2) is 7.60. The summed E-state index contributed by atoms with van der Waals surface area (Å²) in [4.78, 5) is 24.8. The third-order valence-corrected chi connectivity index (χ3v) is 4.18. The predicted octanol–water partition coefficient (Wildman–Crippen LogP) is 2.01. The SMILES string of the molecule is COc1cc(C(=O)N2CC(CN)CC2C)c([N+](=O)[O-])cc1OC(F)F. The first-order valence-corrected chi connectivity index (χ1v) is 7.60. The Kier molecular flexibility index (Phi) is 5.73. The molecule has 25 heavy (non-hydrogen) atoms. The molecule has 1 aliphatic heterocycles. The minimum atomic E-state index is -3.18. The van der Waals surface area contributed by atoms with Gasteiger partial charge in [0.1, 0.15) is 5.56 Å². The third-order valence-electron chi connectivity index (χ3n) is 4.18. The molecule has 2 N–H and O–H groups in total. The van der Waals surface area contributed by atoms with Gasteiger partial charge in [-0.05, 0) is 25.8 Å². The monoisotopic (exact) mass is 359 g/mol. The summed E-state index contributed by atoms with van der Waals surface area (Å²) in [6.07, 6.45) is 0.694. The molecule has 0 aromatic heterocycles. The highest BCUT2D eigenvalue weighted by Gasteiger charge is 2.36. The Morgan fingerprint density at radius 3 is 2.64 bits per heavy atom. The Labute approximate surface area is 142 Å². The molecule has 2 atom stereocenters. The maximum Gasteiger partial charge on any atom is 0.387 e. The maximum absolute atomic E-state index is 12.8. The van der Waals surface area contributed by atoms with Gasteiger partial charge < -0.3 is 20.1 Å². The molecule has 0 bridgehead atoms. The Morgan fingerprint density at radius 1 is 1.48 bits per heavy atom. The van der Waals surface area contributed by atoms with E-state index >= 15 is 0 Å². The molecule has 1 amide bonds. The zero-order chi connectivity index (χ0) is 18.7. The van der Waals surface area contributed by atoms with Crippen molar-refractivity contribution >= 4 is 11.6 Å². The third kappa shape index (κ3) is 3.95. The van der Waals surface area contributed by atoms with Crippen molar-refractivity contribution in [2.24, 2.45) is 11.7 Å². The number of alkyl halides is 2. The highest BCUT2D eigenvalue weighted by Crippen LogP contribution is 2.37. The molecule has 0 radical (unpaired) electrons. The number of amides is 1. The molecule has 1 aromatic carbocycles. The van der Waals surface area contributed by atoms with E-state index in [1.807, 2.05) is 6.92 Å². The average Bonchev–Trinajstić information content (AvgIpc) is 2.94. The number of carbonyl (C=O) groups excluding carboxylic acids is 1. The van der Waals surface area contributed by atoms with E-state index in [9.17, 15) is 23.7 Å². The van der Waals surface area contributed by atoms with Crippen molar-refractivity contribution < 1.29 is 28.0 Å². The summed E-state index contributed by atoms with van der Waals surface area (Å²) in [5.74, 6) is -1.15. The van der Waals surface area contributed by atoms with Crippen LogP contribution in [0.2, 0.25) is 0 Å². The summed E-state index contributed by atoms with van der Waals surface area (Å²) in [5.41, 5.74) is 4.77. The Hall–Kier alpha value is -2.49. The summed E-state index contributed by atoms with van der Waals surface area (Å²) < 4.78 is 34.1. The number of nitro groups is 1. The number of hydrogen-bond acceptors (Lipinski definition) is 6. The van der Waals surface area contributed by atoms with E-state index < -0.39 is 28.9 Å². The first-order valence-electron chi connectivity index (χ1n) is 7.60. The van der Waals surface area contributed by atoms with Crippen LogP contribution in [0.15, 0.2) is 12.1 Å². The number of rotatable bonds is 6. The molecule has 1 fully saturated rings. The molecule has 138 valence electrons. The van der Waals surface area contributed by atoms with Crippen LogP contribution in [-0.2, 0) is 0 Å². The molecule has 2 unspecified atom stereocenters. The number of hydrogen-bond donors (Lipinski definition) is 1. The van der Waals surface area contributed by atoms with Crippen molar-refractivity contribution in [1.29, 1.82) is 0 Å². The number of nitrogens with zero attached hydrogens (tertiary/aromatic N) is 2. The molecular formula is C15H19F2N3O5. The molecule has 0 aliphatic carbocycles. The highest BCUT2D eigenvalue weighted by molar-refractivity contribution is 5.99. The van der Waals surface area contributed by atoms with Crippen LogP contribution < -0.4 is 15.2 Å². The normalized spacial score (nSPS) is 20.0. The van der Waals surface area contributed by atoms with Crippen molar-refractivity contribution in [3.05, 3.63) is 27.8 Å². The fourth-order valence-corrected chi connectivity index (χ4v) is 2.97. The van der Waals surface area contributed by atoms with Crippen LogP contribution in [0, 0.1) is 16.0 Å². The van der Waals surface area contributed by atoms with Crippen molar-refractivity contribution in [3.63, 3.8) is 0 Å². The van der Waals surface area contributed by atoms with Gasteiger partial charge >= 0.3 is 6.61 Å². The Bertz CT molecular complexity index is 671. The fourth-order valence-electron chi connectivity index (χ4n) is 2.97. The van der Waals surface area contributed by atoms with E-state index in [1.165, 1.54) is 12.0 Å². The molecule has 0 spiro atoms. The summed E-state index contributed by atoms with van der Waals surface area (Å²) in [6, 6.07) is 1.70. The lowest BCUT2D eigenvalue weighted by atomic mass is 10.1. The molecule has 1 heterocycles. The number of nitrogens with two attached hydrogens (primary N) is 1.